The zero-order chi connectivity index (χ0) is 44.7. The molecule has 5 rings (SSSR count). The van der Waals surface area contributed by atoms with E-state index in [1.54, 1.807) is 38.1 Å². The standard InChI is InChI=1S/C39H54N10O11S/c1-5-17(2)31-36(58)42-13-29(53)43-26-16-61-38-22(21-8-6-7-9-23(21)46-38)11-24(33(55)41-14-30(54)47-31)44-37(59)32(18(3)19(4)50)48-35(57)27-10-20(51)15-49(27)39(60)25(12-28(40)52)45-34(26)56/h6-9,17-20,24-27,31-32,46,50-51H,5,10-16H2,1-4H3,(H2,40,52)(H,41,55)(H,42,58)(H,43,53)(H,44,59)(H,45,56)(H,47,54)(H,48,57)/p+1/t17-,18-,19-,20+,24?,25-,26?,27-,31-,32-/m0/s1. The lowest BCUT2D eigenvalue weighted by atomic mass is 9.94. The first-order valence-electron chi connectivity index (χ1n) is 20.2. The normalized spacial score (nSPS) is 28.1. The van der Waals surface area contributed by atoms with Crippen molar-refractivity contribution in [2.24, 2.45) is 17.6 Å². The van der Waals surface area contributed by atoms with Crippen LogP contribution in [0.4, 0.5) is 0 Å². The highest BCUT2D eigenvalue weighted by Crippen LogP contribution is 2.27. The van der Waals surface area contributed by atoms with Crippen molar-refractivity contribution in [1.29, 1.82) is 0 Å². The van der Waals surface area contributed by atoms with E-state index in [0.717, 1.165) is 4.90 Å². The number of nitrogens with two attached hydrogens (primary N) is 1. The number of carbonyl (C=O) groups is 9. The average Bonchev–Trinajstić information content (AvgIpc) is 3.78. The van der Waals surface area contributed by atoms with Crippen molar-refractivity contribution >= 4 is 75.8 Å². The van der Waals surface area contributed by atoms with E-state index in [4.69, 9.17) is 5.73 Å². The Labute approximate surface area is 355 Å². The number of benzene rings is 1. The van der Waals surface area contributed by atoms with Crippen LogP contribution < -0.4 is 43.0 Å². The summed E-state index contributed by atoms with van der Waals surface area (Å²) in [7, 11) is 0. The molecule has 12 N–H and O–H groups in total. The van der Waals surface area contributed by atoms with Crippen molar-refractivity contribution in [2.45, 2.75) is 107 Å². The molecule has 3 aliphatic heterocycles. The number of rotatable bonds is 6. The Bertz CT molecular complexity index is 2040. The summed E-state index contributed by atoms with van der Waals surface area (Å²) in [6, 6.07) is -1.58. The van der Waals surface area contributed by atoms with Crippen molar-refractivity contribution in [3.8, 4) is 0 Å². The molecule has 22 heteroatoms. The van der Waals surface area contributed by atoms with Crippen LogP contribution in [0.1, 0.15) is 52.5 Å². The predicted molar refractivity (Wildman–Crippen MR) is 220 cm³/mol. The van der Waals surface area contributed by atoms with Crippen LogP contribution in [0.25, 0.3) is 10.9 Å². The van der Waals surface area contributed by atoms with Gasteiger partial charge in [-0.05, 0) is 18.9 Å². The zero-order valence-electron chi connectivity index (χ0n) is 34.3. The Balaban J connectivity index is 1.68. The number of thiol groups is 1. The van der Waals surface area contributed by atoms with Gasteiger partial charge in [-0.3, -0.25) is 43.2 Å². The van der Waals surface area contributed by atoms with Gasteiger partial charge in [0.25, 0.3) is 0 Å². The van der Waals surface area contributed by atoms with Crippen LogP contribution in [-0.2, 0) is 61.3 Å². The van der Waals surface area contributed by atoms with E-state index in [-0.39, 0.29) is 18.6 Å². The first-order chi connectivity index (χ1) is 28.9. The molecule has 0 saturated carbocycles. The second kappa shape index (κ2) is 20.2. The zero-order valence-corrected chi connectivity index (χ0v) is 35.2. The molecular weight excluding hydrogens is 817 g/mol. The number of amides is 9. The molecular formula is C39H55N10O11S+. The maximum atomic E-state index is 14.4. The van der Waals surface area contributed by atoms with Gasteiger partial charge in [-0.25, -0.2) is 0 Å². The SMILES string of the molecule is CC[C@H](C)[C@@H]1NC(=O)CNC(=O)C2Cc3c([nH]c4ccccc34)[SH+]CC(NC(=O)CNC1=O)C(=O)N[C@@H](CC(N)=O)C(=O)N1C[C@H](O)C[C@H]1C(=O)N[C@@H]([C@@H](C)[C@H](C)O)C(=O)N2. The molecule has 61 heavy (non-hydrogen) atoms. The third-order valence-corrected chi connectivity index (χ3v) is 12.6. The van der Waals surface area contributed by atoms with E-state index < -0.39 is 140 Å². The Morgan fingerprint density at radius 1 is 0.836 bits per heavy atom. The quantitative estimate of drug-likeness (QED) is 0.0971. The van der Waals surface area contributed by atoms with Gasteiger partial charge >= 0.3 is 0 Å². The van der Waals surface area contributed by atoms with Gasteiger partial charge in [-0.1, -0.05) is 45.4 Å². The number of aliphatic hydroxyl groups excluding tert-OH is 2. The molecule has 2 aromatic rings. The molecule has 10 atom stereocenters. The fourth-order valence-corrected chi connectivity index (χ4v) is 8.69. The maximum Gasteiger partial charge on any atom is 0.248 e. The van der Waals surface area contributed by atoms with Gasteiger partial charge in [-0.2, -0.15) is 0 Å². The van der Waals surface area contributed by atoms with Crippen LogP contribution in [0.2, 0.25) is 0 Å². The van der Waals surface area contributed by atoms with Crippen LogP contribution >= 0.6 is 0 Å². The lowest BCUT2D eigenvalue weighted by Crippen LogP contribution is -2.62. The highest BCUT2D eigenvalue weighted by Gasteiger charge is 2.45. The minimum Gasteiger partial charge on any atom is -0.393 e. The van der Waals surface area contributed by atoms with Gasteiger partial charge < -0.3 is 63.0 Å². The van der Waals surface area contributed by atoms with Crippen LogP contribution in [0.3, 0.4) is 0 Å². The lowest BCUT2D eigenvalue weighted by Gasteiger charge is -2.32. The molecule has 1 saturated heterocycles. The molecule has 0 spiro atoms. The molecule has 332 valence electrons. The van der Waals surface area contributed by atoms with Crippen molar-refractivity contribution in [2.75, 3.05) is 25.4 Å². The van der Waals surface area contributed by atoms with Crippen LogP contribution in [0.15, 0.2) is 29.3 Å². The lowest BCUT2D eigenvalue weighted by molar-refractivity contribution is -0.144. The van der Waals surface area contributed by atoms with E-state index in [9.17, 15) is 53.4 Å². The number of hydrogen-bond acceptors (Lipinski definition) is 11. The topological polar surface area (TPSA) is 323 Å². The van der Waals surface area contributed by atoms with Gasteiger partial charge in [0.15, 0.2) is 6.04 Å². The molecule has 1 aromatic heterocycles. The molecule has 1 aromatic carbocycles. The minimum absolute atomic E-state index is 0.168. The minimum atomic E-state index is -1.68. The summed E-state index contributed by atoms with van der Waals surface area (Å²) in [4.78, 5) is 128. The molecule has 9 amide bonds. The average molecular weight is 872 g/mol. The van der Waals surface area contributed by atoms with Gasteiger partial charge in [0, 0.05) is 53.5 Å². The maximum absolute atomic E-state index is 14.4. The molecule has 3 aliphatic rings. The van der Waals surface area contributed by atoms with Gasteiger partial charge in [0.2, 0.25) is 58.2 Å². The summed E-state index contributed by atoms with van der Waals surface area (Å²) in [5, 5.41) is 40.4. The number of primary amides is 1. The first kappa shape index (κ1) is 46.3. The molecule has 21 nitrogen and oxygen atoms in total. The predicted octanol–water partition coefficient (Wildman–Crippen LogP) is -4.53. The fraction of sp³-hybridized carbons (Fsp3) is 0.564. The highest BCUT2D eigenvalue weighted by molar-refractivity contribution is 7.78. The smallest absolute Gasteiger partial charge is 0.248 e. The Kier molecular flexibility index (Phi) is 15.4. The van der Waals surface area contributed by atoms with Gasteiger partial charge in [0.05, 0.1) is 31.7 Å². The van der Waals surface area contributed by atoms with Gasteiger partial charge in [-0.15, -0.1) is 0 Å². The van der Waals surface area contributed by atoms with E-state index in [0.29, 0.717) is 39.7 Å². The number of H-pyrrole nitrogens is 1. The summed E-state index contributed by atoms with van der Waals surface area (Å²) in [5.74, 6) is -9.41. The third kappa shape index (κ3) is 11.4. The number of aromatic nitrogens is 1. The number of nitrogens with one attached hydrogen (secondary N) is 8. The van der Waals surface area contributed by atoms with E-state index in [2.05, 4.69) is 42.2 Å². The molecule has 2 unspecified atom stereocenters. The summed E-state index contributed by atoms with van der Waals surface area (Å²) in [6.07, 6.45) is -3.23. The molecule has 1 fully saturated rings. The van der Waals surface area contributed by atoms with Crippen molar-refractivity contribution in [3.63, 3.8) is 0 Å². The van der Waals surface area contributed by atoms with Crippen molar-refractivity contribution in [1.82, 2.24) is 47.1 Å². The summed E-state index contributed by atoms with van der Waals surface area (Å²) < 4.78 is 0. The fourth-order valence-electron chi connectivity index (χ4n) is 7.46. The van der Waals surface area contributed by atoms with E-state index >= 15 is 0 Å². The summed E-state index contributed by atoms with van der Waals surface area (Å²) in [6.45, 7) is 4.72. The third-order valence-electron chi connectivity index (χ3n) is 11.3. The van der Waals surface area contributed by atoms with Crippen molar-refractivity contribution in [3.05, 3.63) is 29.8 Å². The monoisotopic (exact) mass is 871 g/mol. The number of fused-ring (bicyclic) bond motifs is 5. The second-order valence-corrected chi connectivity index (χ2v) is 16.9. The number of aliphatic hydroxyl groups is 2. The Hall–Kier alpha value is -5.74. The first-order valence-corrected chi connectivity index (χ1v) is 21.2. The van der Waals surface area contributed by atoms with Crippen LogP contribution in [-0.4, -0.2) is 147 Å². The van der Waals surface area contributed by atoms with Gasteiger partial charge in [0.1, 0.15) is 36.0 Å². The molecule has 0 radical (unpaired) electrons. The molecule has 2 bridgehead atoms. The van der Waals surface area contributed by atoms with Crippen LogP contribution in [0.5, 0.6) is 0 Å². The summed E-state index contributed by atoms with van der Waals surface area (Å²) >= 11 is 0.370. The highest BCUT2D eigenvalue weighted by atomic mass is 32.2. The number of carbonyl (C=O) groups excluding carboxylic acids is 9. The Morgan fingerprint density at radius 2 is 1.51 bits per heavy atom. The van der Waals surface area contributed by atoms with E-state index in [1.807, 2.05) is 0 Å². The Morgan fingerprint density at radius 3 is 2.18 bits per heavy atom. The number of para-hydroxylation sites is 1. The number of hydrogen-bond donors (Lipinski definition) is 11. The number of nitrogens with zero attached hydrogens (tertiary/aromatic N) is 1. The molecule has 0 aliphatic carbocycles. The molecule has 4 heterocycles. The summed E-state index contributed by atoms with van der Waals surface area (Å²) in [5.41, 5.74) is 6.65. The second-order valence-electron chi connectivity index (χ2n) is 15.8. The largest absolute Gasteiger partial charge is 0.393 e. The number of aromatic amines is 1. The van der Waals surface area contributed by atoms with Crippen LogP contribution in [0, 0.1) is 11.8 Å². The van der Waals surface area contributed by atoms with E-state index in [1.165, 1.54) is 13.8 Å². The van der Waals surface area contributed by atoms with Crippen molar-refractivity contribution < 1.29 is 53.4 Å².